The number of nitrogens with zero attached hydrogens (tertiary/aromatic N) is 3. The molecule has 0 atom stereocenters. The first kappa shape index (κ1) is 9.21. The molecule has 0 unspecified atom stereocenters. The lowest BCUT2D eigenvalue weighted by Gasteiger charge is -2.05. The van der Waals surface area contributed by atoms with E-state index in [4.69, 9.17) is 5.73 Å². The molecular formula is C11H12N4O. The second kappa shape index (κ2) is 3.23. The fourth-order valence-electron chi connectivity index (χ4n) is 1.81. The lowest BCUT2D eigenvalue weighted by atomic mass is 10.1. The largest absolute Gasteiger partial charge is 0.508 e. The third kappa shape index (κ3) is 1.41. The van der Waals surface area contributed by atoms with Gasteiger partial charge in [0.1, 0.15) is 11.4 Å². The number of phenolic OH excluding ortho intramolecular Hbond substituents is 1. The second-order valence-corrected chi connectivity index (χ2v) is 4.05. The molecule has 82 valence electrons. The van der Waals surface area contributed by atoms with Gasteiger partial charge in [0.15, 0.2) is 5.82 Å². The van der Waals surface area contributed by atoms with Gasteiger partial charge >= 0.3 is 0 Å². The summed E-state index contributed by atoms with van der Waals surface area (Å²) in [6.07, 6.45) is 2.24. The maximum Gasteiger partial charge on any atom is 0.174 e. The van der Waals surface area contributed by atoms with E-state index < -0.39 is 0 Å². The molecule has 3 N–H and O–H groups in total. The summed E-state index contributed by atoms with van der Waals surface area (Å²) in [6, 6.07) is 7.41. The average Bonchev–Trinajstić information content (AvgIpc) is 3.02. The number of aromatic hydroxyl groups is 1. The molecule has 3 rings (SSSR count). The summed E-state index contributed by atoms with van der Waals surface area (Å²) in [4.78, 5) is 0. The fourth-order valence-corrected chi connectivity index (χ4v) is 1.81. The van der Waals surface area contributed by atoms with Gasteiger partial charge in [0.25, 0.3) is 0 Å². The van der Waals surface area contributed by atoms with Crippen LogP contribution in [0.4, 0.5) is 5.82 Å². The summed E-state index contributed by atoms with van der Waals surface area (Å²) < 4.78 is 1.85. The molecule has 0 aliphatic heterocycles. The van der Waals surface area contributed by atoms with Crippen molar-refractivity contribution in [1.29, 1.82) is 0 Å². The second-order valence-electron chi connectivity index (χ2n) is 4.05. The summed E-state index contributed by atoms with van der Waals surface area (Å²) in [6.45, 7) is 0. The number of phenols is 1. The van der Waals surface area contributed by atoms with Crippen molar-refractivity contribution in [3.63, 3.8) is 0 Å². The Hall–Kier alpha value is -2.04. The van der Waals surface area contributed by atoms with E-state index in [1.807, 2.05) is 10.7 Å². The first-order valence-corrected chi connectivity index (χ1v) is 5.26. The SMILES string of the molecule is Nc1nnn(C2CC2)c1-c1cccc(O)c1. The van der Waals surface area contributed by atoms with E-state index in [2.05, 4.69) is 10.3 Å². The van der Waals surface area contributed by atoms with Crippen molar-refractivity contribution in [3.05, 3.63) is 24.3 Å². The van der Waals surface area contributed by atoms with E-state index in [-0.39, 0.29) is 5.75 Å². The van der Waals surface area contributed by atoms with E-state index >= 15 is 0 Å². The number of nitrogen functional groups attached to an aromatic ring is 1. The van der Waals surface area contributed by atoms with Gasteiger partial charge < -0.3 is 10.8 Å². The van der Waals surface area contributed by atoms with E-state index in [0.717, 1.165) is 24.1 Å². The van der Waals surface area contributed by atoms with E-state index in [1.54, 1.807) is 18.2 Å². The fraction of sp³-hybridized carbons (Fsp3) is 0.273. The number of rotatable bonds is 2. The lowest BCUT2D eigenvalue weighted by molar-refractivity contribution is 0.475. The van der Waals surface area contributed by atoms with Gasteiger partial charge in [-0.25, -0.2) is 4.68 Å². The normalized spacial score (nSPS) is 15.2. The van der Waals surface area contributed by atoms with Gasteiger partial charge in [-0.2, -0.15) is 0 Å². The molecule has 1 fully saturated rings. The molecule has 1 saturated carbocycles. The Morgan fingerprint density at radius 2 is 2.19 bits per heavy atom. The highest BCUT2D eigenvalue weighted by atomic mass is 16.3. The zero-order valence-corrected chi connectivity index (χ0v) is 8.67. The molecule has 1 aliphatic rings. The van der Waals surface area contributed by atoms with Gasteiger partial charge in [-0.3, -0.25) is 0 Å². The molecule has 1 aliphatic carbocycles. The molecule has 0 spiro atoms. The van der Waals surface area contributed by atoms with Crippen LogP contribution in [0.1, 0.15) is 18.9 Å². The van der Waals surface area contributed by atoms with Crippen LogP contribution in [0.2, 0.25) is 0 Å². The zero-order valence-electron chi connectivity index (χ0n) is 8.67. The Kier molecular flexibility index (Phi) is 1.86. The summed E-state index contributed by atoms with van der Waals surface area (Å²) in [7, 11) is 0. The number of hydrogen-bond donors (Lipinski definition) is 2. The van der Waals surface area contributed by atoms with Gasteiger partial charge in [0.2, 0.25) is 0 Å². The molecule has 2 aromatic rings. The maximum atomic E-state index is 9.46. The van der Waals surface area contributed by atoms with E-state index in [0.29, 0.717) is 11.9 Å². The van der Waals surface area contributed by atoms with Crippen molar-refractivity contribution in [2.45, 2.75) is 18.9 Å². The van der Waals surface area contributed by atoms with Crippen LogP contribution >= 0.6 is 0 Å². The monoisotopic (exact) mass is 216 g/mol. The molecule has 1 heterocycles. The van der Waals surface area contributed by atoms with Gasteiger partial charge in [-0.15, -0.1) is 5.10 Å². The van der Waals surface area contributed by atoms with Crippen LogP contribution in [-0.2, 0) is 0 Å². The molecule has 1 aromatic carbocycles. The number of hydrogen-bond acceptors (Lipinski definition) is 4. The Morgan fingerprint density at radius 3 is 2.88 bits per heavy atom. The molecular weight excluding hydrogens is 204 g/mol. The third-order valence-electron chi connectivity index (χ3n) is 2.73. The van der Waals surface area contributed by atoms with Crippen LogP contribution in [0.25, 0.3) is 11.3 Å². The van der Waals surface area contributed by atoms with Crippen molar-refractivity contribution in [2.24, 2.45) is 0 Å². The molecule has 1 aromatic heterocycles. The predicted octanol–water partition coefficient (Wildman–Crippen LogP) is 1.57. The van der Waals surface area contributed by atoms with Crippen LogP contribution in [0.3, 0.4) is 0 Å². The average molecular weight is 216 g/mol. The summed E-state index contributed by atoms with van der Waals surface area (Å²) >= 11 is 0. The number of nitrogens with two attached hydrogens (primary N) is 1. The van der Waals surface area contributed by atoms with Gasteiger partial charge in [-0.1, -0.05) is 17.3 Å². The summed E-state index contributed by atoms with van der Waals surface area (Å²) in [5, 5.41) is 17.4. The van der Waals surface area contributed by atoms with Gasteiger partial charge in [0.05, 0.1) is 6.04 Å². The maximum absolute atomic E-state index is 9.46. The van der Waals surface area contributed by atoms with E-state index in [1.165, 1.54) is 0 Å². The number of aromatic nitrogens is 3. The van der Waals surface area contributed by atoms with Crippen molar-refractivity contribution in [1.82, 2.24) is 15.0 Å². The predicted molar refractivity (Wildman–Crippen MR) is 59.8 cm³/mol. The first-order valence-electron chi connectivity index (χ1n) is 5.26. The highest BCUT2D eigenvalue weighted by Crippen LogP contribution is 2.39. The Labute approximate surface area is 92.5 Å². The summed E-state index contributed by atoms with van der Waals surface area (Å²) in [5.41, 5.74) is 7.47. The van der Waals surface area contributed by atoms with Gasteiger partial charge in [-0.05, 0) is 25.0 Å². The molecule has 0 radical (unpaired) electrons. The minimum atomic E-state index is 0.223. The van der Waals surface area contributed by atoms with Crippen LogP contribution < -0.4 is 5.73 Å². The molecule has 5 heteroatoms. The quantitative estimate of drug-likeness (QED) is 0.798. The number of anilines is 1. The van der Waals surface area contributed by atoms with Crippen molar-refractivity contribution in [3.8, 4) is 17.0 Å². The number of benzene rings is 1. The topological polar surface area (TPSA) is 77.0 Å². The van der Waals surface area contributed by atoms with E-state index in [9.17, 15) is 5.11 Å². The molecule has 5 nitrogen and oxygen atoms in total. The highest BCUT2D eigenvalue weighted by molar-refractivity contribution is 5.71. The molecule has 0 amide bonds. The Bertz CT molecular complexity index is 531. The lowest BCUT2D eigenvalue weighted by Crippen LogP contribution is -2.00. The van der Waals surface area contributed by atoms with Crippen molar-refractivity contribution < 1.29 is 5.11 Å². The molecule has 0 bridgehead atoms. The zero-order chi connectivity index (χ0) is 11.1. The molecule has 0 saturated heterocycles. The van der Waals surface area contributed by atoms with Crippen LogP contribution in [0.5, 0.6) is 5.75 Å². The smallest absolute Gasteiger partial charge is 0.174 e. The van der Waals surface area contributed by atoms with Crippen molar-refractivity contribution in [2.75, 3.05) is 5.73 Å². The van der Waals surface area contributed by atoms with Crippen LogP contribution in [-0.4, -0.2) is 20.1 Å². The van der Waals surface area contributed by atoms with Gasteiger partial charge in [0, 0.05) is 5.56 Å². The minimum absolute atomic E-state index is 0.223. The van der Waals surface area contributed by atoms with Crippen LogP contribution in [0.15, 0.2) is 24.3 Å². The highest BCUT2D eigenvalue weighted by Gasteiger charge is 2.28. The standard InChI is InChI=1S/C11H12N4O/c12-11-10(7-2-1-3-9(16)6-7)15(14-13-11)8-4-5-8/h1-3,6,8,16H,4-5,12H2. The Morgan fingerprint density at radius 1 is 1.38 bits per heavy atom. The van der Waals surface area contributed by atoms with Crippen LogP contribution in [0, 0.1) is 0 Å². The minimum Gasteiger partial charge on any atom is -0.508 e. The van der Waals surface area contributed by atoms with Crippen molar-refractivity contribution >= 4 is 5.82 Å². The summed E-state index contributed by atoms with van der Waals surface area (Å²) in [5.74, 6) is 0.637. The Balaban J connectivity index is 2.14. The molecule has 16 heavy (non-hydrogen) atoms. The third-order valence-corrected chi connectivity index (χ3v) is 2.73. The first-order chi connectivity index (χ1) is 7.75.